The number of rotatable bonds is 16. The minimum absolute atomic E-state index is 0.0592. The molecule has 0 atom stereocenters. The predicted octanol–water partition coefficient (Wildman–Crippen LogP) is 5.73. The van der Waals surface area contributed by atoms with Gasteiger partial charge in [0.05, 0.1) is 56.6 Å². The monoisotopic (exact) mass is 711 g/mol. The first-order valence-electron chi connectivity index (χ1n) is 16.7. The molecule has 274 valence electrons. The molecule has 0 radical (unpaired) electrons. The van der Waals surface area contributed by atoms with Crippen molar-refractivity contribution in [2.45, 2.75) is 32.8 Å². The minimum Gasteiger partial charge on any atom is -0.444 e. The Bertz CT molecular complexity index is 1810. The topological polar surface area (TPSA) is 173 Å². The minimum atomic E-state index is -0.560. The maximum Gasteiger partial charge on any atom is 0.407 e. The van der Waals surface area contributed by atoms with E-state index in [1.165, 1.54) is 11.1 Å². The summed E-state index contributed by atoms with van der Waals surface area (Å²) in [6.45, 7) is 6.78. The van der Waals surface area contributed by atoms with Crippen molar-refractivity contribution >= 4 is 46.7 Å². The van der Waals surface area contributed by atoms with Gasteiger partial charge in [-0.25, -0.2) is 9.78 Å². The molecule has 0 saturated carbocycles. The first-order valence-corrected chi connectivity index (χ1v) is 16.7. The van der Waals surface area contributed by atoms with Crippen molar-refractivity contribution in [1.82, 2.24) is 20.2 Å². The second-order valence-electron chi connectivity index (χ2n) is 12.8. The Morgan fingerprint density at radius 3 is 2.13 bits per heavy atom. The van der Waals surface area contributed by atoms with Crippen LogP contribution in [-0.2, 0) is 19.0 Å². The molecule has 2 aromatic carbocycles. The number of nitrogens with zero attached hydrogens (tertiary/aromatic N) is 3. The van der Waals surface area contributed by atoms with Crippen LogP contribution in [0.15, 0.2) is 85.3 Å². The molecule has 4 N–H and O–H groups in total. The van der Waals surface area contributed by atoms with Gasteiger partial charge in [-0.05, 0) is 74.9 Å². The fourth-order valence-electron chi connectivity index (χ4n) is 4.62. The van der Waals surface area contributed by atoms with Gasteiger partial charge in [0, 0.05) is 49.2 Å². The molecule has 0 saturated heterocycles. The quantitative estimate of drug-likeness (QED) is 0.105. The SMILES string of the molecule is CN(C)C(=O)c1ccc(-c2ccc(Nc3cncc(NC(=O)c4cccc(NC(=O)CCOCCOCCNC(=O)OC(C)(C)C)c4)c3)nc2)cc1. The smallest absolute Gasteiger partial charge is 0.407 e. The molecule has 4 aromatic rings. The van der Waals surface area contributed by atoms with Gasteiger partial charge < -0.3 is 40.4 Å². The molecular formula is C38H45N7O7. The van der Waals surface area contributed by atoms with Gasteiger partial charge in [-0.3, -0.25) is 19.4 Å². The number of hydrogen-bond donors (Lipinski definition) is 4. The Balaban J connectivity index is 1.18. The summed E-state index contributed by atoms with van der Waals surface area (Å²) in [4.78, 5) is 59.5. The third-order valence-electron chi connectivity index (χ3n) is 7.07. The normalized spacial score (nSPS) is 10.9. The number of ether oxygens (including phenoxy) is 3. The third-order valence-corrected chi connectivity index (χ3v) is 7.07. The van der Waals surface area contributed by atoms with Crippen molar-refractivity contribution in [2.24, 2.45) is 0 Å². The van der Waals surface area contributed by atoms with Gasteiger partial charge in [0.15, 0.2) is 0 Å². The zero-order chi connectivity index (χ0) is 37.5. The van der Waals surface area contributed by atoms with Crippen LogP contribution in [0, 0.1) is 0 Å². The van der Waals surface area contributed by atoms with Crippen LogP contribution in [-0.4, -0.2) is 91.4 Å². The zero-order valence-electron chi connectivity index (χ0n) is 30.0. The number of anilines is 4. The van der Waals surface area contributed by atoms with E-state index in [2.05, 4.69) is 31.2 Å². The Labute approximate surface area is 303 Å². The molecule has 0 spiro atoms. The van der Waals surface area contributed by atoms with Crippen LogP contribution in [0.1, 0.15) is 47.9 Å². The molecule has 0 aliphatic carbocycles. The molecular weight excluding hydrogens is 666 g/mol. The van der Waals surface area contributed by atoms with Gasteiger partial charge >= 0.3 is 6.09 Å². The van der Waals surface area contributed by atoms with Gasteiger partial charge in [-0.2, -0.15) is 0 Å². The fraction of sp³-hybridized carbons (Fsp3) is 0.316. The van der Waals surface area contributed by atoms with E-state index in [-0.39, 0.29) is 30.7 Å². The lowest BCUT2D eigenvalue weighted by atomic mass is 10.1. The number of alkyl carbamates (subject to hydrolysis) is 1. The summed E-state index contributed by atoms with van der Waals surface area (Å²) < 4.78 is 16.0. The summed E-state index contributed by atoms with van der Waals surface area (Å²) in [6, 6.07) is 19.4. The van der Waals surface area contributed by atoms with Gasteiger partial charge in [-0.1, -0.05) is 18.2 Å². The van der Waals surface area contributed by atoms with Crippen molar-refractivity contribution in [3.63, 3.8) is 0 Å². The molecule has 2 aromatic heterocycles. The van der Waals surface area contributed by atoms with Crippen LogP contribution < -0.4 is 21.3 Å². The highest BCUT2D eigenvalue weighted by Gasteiger charge is 2.15. The fourth-order valence-corrected chi connectivity index (χ4v) is 4.62. The number of nitrogens with one attached hydrogen (secondary N) is 4. The van der Waals surface area contributed by atoms with E-state index < -0.39 is 11.7 Å². The molecule has 0 bridgehead atoms. The van der Waals surface area contributed by atoms with Crippen molar-refractivity contribution in [3.8, 4) is 11.1 Å². The van der Waals surface area contributed by atoms with E-state index in [9.17, 15) is 19.2 Å². The Kier molecular flexibility index (Phi) is 14.2. The molecule has 0 fully saturated rings. The van der Waals surface area contributed by atoms with E-state index in [1.54, 1.807) is 89.7 Å². The highest BCUT2D eigenvalue weighted by molar-refractivity contribution is 6.05. The highest BCUT2D eigenvalue weighted by atomic mass is 16.6. The van der Waals surface area contributed by atoms with Gasteiger partial charge in [-0.15, -0.1) is 0 Å². The van der Waals surface area contributed by atoms with Crippen LogP contribution in [0.25, 0.3) is 11.1 Å². The number of amides is 4. The number of hydrogen-bond acceptors (Lipinski definition) is 10. The van der Waals surface area contributed by atoms with Crippen LogP contribution in [0.3, 0.4) is 0 Å². The standard InChI is InChI=1S/C38H45N7O7/c1-38(2,3)52-37(49)40-16-18-51-20-19-50-17-15-34(46)43-30-8-6-7-28(21-30)35(47)44-32-22-31(24-39-25-32)42-33-14-13-29(23-41-33)26-9-11-27(12-10-26)36(48)45(4)5/h6-14,21-25H,15-20H2,1-5H3,(H,40,49)(H,41,42)(H,43,46)(H,44,47). The maximum absolute atomic E-state index is 13.0. The lowest BCUT2D eigenvalue weighted by Crippen LogP contribution is -2.34. The highest BCUT2D eigenvalue weighted by Crippen LogP contribution is 2.23. The molecule has 14 heteroatoms. The van der Waals surface area contributed by atoms with Crippen molar-refractivity contribution in [2.75, 3.05) is 63.0 Å². The largest absolute Gasteiger partial charge is 0.444 e. The number of aromatic nitrogens is 2. The van der Waals surface area contributed by atoms with Gasteiger partial charge in [0.1, 0.15) is 11.4 Å². The summed E-state index contributed by atoms with van der Waals surface area (Å²) in [5.41, 5.74) is 3.78. The second-order valence-corrected chi connectivity index (χ2v) is 12.8. The first-order chi connectivity index (χ1) is 24.9. The van der Waals surface area contributed by atoms with Crippen LogP contribution in [0.2, 0.25) is 0 Å². The van der Waals surface area contributed by atoms with E-state index in [0.717, 1.165) is 11.1 Å². The average Bonchev–Trinajstić information content (AvgIpc) is 3.10. The van der Waals surface area contributed by atoms with Crippen molar-refractivity contribution < 1.29 is 33.4 Å². The van der Waals surface area contributed by atoms with Crippen LogP contribution >= 0.6 is 0 Å². The van der Waals surface area contributed by atoms with E-state index in [4.69, 9.17) is 14.2 Å². The Morgan fingerprint density at radius 1 is 0.731 bits per heavy atom. The summed E-state index contributed by atoms with van der Waals surface area (Å²) in [5, 5.41) is 11.4. The number of carbonyl (C=O) groups excluding carboxylic acids is 4. The van der Waals surface area contributed by atoms with E-state index >= 15 is 0 Å². The molecule has 0 unspecified atom stereocenters. The molecule has 4 rings (SSSR count). The molecule has 52 heavy (non-hydrogen) atoms. The van der Waals surface area contributed by atoms with Crippen molar-refractivity contribution in [1.29, 1.82) is 0 Å². The van der Waals surface area contributed by atoms with Crippen molar-refractivity contribution in [3.05, 3.63) is 96.4 Å². The number of pyridine rings is 2. The van der Waals surface area contributed by atoms with Gasteiger partial charge in [0.2, 0.25) is 5.91 Å². The number of carbonyl (C=O) groups is 4. The molecule has 2 heterocycles. The summed E-state index contributed by atoms with van der Waals surface area (Å²) in [7, 11) is 3.43. The van der Waals surface area contributed by atoms with Gasteiger partial charge in [0.25, 0.3) is 11.8 Å². The Hall–Kier alpha value is -5.86. The lowest BCUT2D eigenvalue weighted by molar-refractivity contribution is -0.117. The van der Waals surface area contributed by atoms with E-state index in [1.807, 2.05) is 24.3 Å². The summed E-state index contributed by atoms with van der Waals surface area (Å²) >= 11 is 0. The third kappa shape index (κ3) is 13.1. The molecule has 0 aliphatic heterocycles. The molecule has 14 nitrogen and oxygen atoms in total. The van der Waals surface area contributed by atoms with E-state index in [0.29, 0.717) is 60.4 Å². The van der Waals surface area contributed by atoms with Crippen LogP contribution in [0.5, 0.6) is 0 Å². The average molecular weight is 712 g/mol. The second kappa shape index (κ2) is 18.9. The van der Waals surface area contributed by atoms with Crippen LogP contribution in [0.4, 0.5) is 27.7 Å². The first kappa shape index (κ1) is 38.9. The summed E-state index contributed by atoms with van der Waals surface area (Å²) in [6.07, 6.45) is 4.49. The zero-order valence-corrected chi connectivity index (χ0v) is 30.0. The number of benzene rings is 2. The Morgan fingerprint density at radius 2 is 1.44 bits per heavy atom. The molecule has 4 amide bonds. The lowest BCUT2D eigenvalue weighted by Gasteiger charge is -2.19. The summed E-state index contributed by atoms with van der Waals surface area (Å²) in [5.74, 6) is -0.115. The predicted molar refractivity (Wildman–Crippen MR) is 199 cm³/mol. The maximum atomic E-state index is 13.0. The molecule has 0 aliphatic rings.